The molecule has 1 atom stereocenters. The van der Waals surface area contributed by atoms with Crippen molar-refractivity contribution < 1.29 is 0 Å². The highest BCUT2D eigenvalue weighted by molar-refractivity contribution is 6.31. The Kier molecular flexibility index (Phi) is 3.73. The Bertz CT molecular complexity index is 541. The van der Waals surface area contributed by atoms with E-state index in [2.05, 4.69) is 17.2 Å². The Morgan fingerprint density at radius 3 is 2.33 bits per heavy atom. The molecule has 0 spiro atoms. The zero-order chi connectivity index (χ0) is 13.3. The number of benzene rings is 1. The third-order valence-electron chi connectivity index (χ3n) is 2.94. The molecule has 2 N–H and O–H groups in total. The molecule has 0 aliphatic carbocycles. The van der Waals surface area contributed by atoms with Gasteiger partial charge in [-0.1, -0.05) is 23.7 Å². The second-order valence-corrected chi connectivity index (χ2v) is 5.12. The number of aromatic nitrogens is 2. The number of nitrogens with zero attached hydrogens (tertiary/aromatic N) is 2. The zero-order valence-corrected chi connectivity index (χ0v) is 11.7. The third-order valence-corrected chi connectivity index (χ3v) is 3.49. The van der Waals surface area contributed by atoms with Crippen molar-refractivity contribution in [2.75, 3.05) is 0 Å². The maximum atomic E-state index is 6.15. The summed E-state index contributed by atoms with van der Waals surface area (Å²) in [5.41, 5.74) is 9.87. The van der Waals surface area contributed by atoms with Crippen LogP contribution in [-0.4, -0.2) is 15.8 Å². The number of aryl methyl sites for hydroxylation is 1. The van der Waals surface area contributed by atoms with E-state index in [4.69, 9.17) is 17.3 Å². The van der Waals surface area contributed by atoms with Crippen molar-refractivity contribution >= 4 is 11.6 Å². The van der Waals surface area contributed by atoms with E-state index >= 15 is 0 Å². The molecule has 0 bridgehead atoms. The van der Waals surface area contributed by atoms with Crippen molar-refractivity contribution in [3.05, 3.63) is 46.2 Å². The van der Waals surface area contributed by atoms with Gasteiger partial charge in [0.05, 0.1) is 22.1 Å². The summed E-state index contributed by atoms with van der Waals surface area (Å²) in [6.45, 7) is 5.89. The molecule has 1 aromatic heterocycles. The van der Waals surface area contributed by atoms with Crippen LogP contribution in [0.1, 0.15) is 23.9 Å². The minimum absolute atomic E-state index is 0.180. The van der Waals surface area contributed by atoms with Gasteiger partial charge in [-0.25, -0.2) is 4.68 Å². The van der Waals surface area contributed by atoms with Gasteiger partial charge in [-0.15, -0.1) is 0 Å². The van der Waals surface area contributed by atoms with E-state index in [1.54, 1.807) is 0 Å². The lowest BCUT2D eigenvalue weighted by Crippen LogP contribution is -2.17. The molecule has 0 amide bonds. The van der Waals surface area contributed by atoms with Crippen molar-refractivity contribution in [2.45, 2.75) is 33.2 Å². The molecule has 2 aromatic rings. The van der Waals surface area contributed by atoms with E-state index in [0.717, 1.165) is 28.5 Å². The number of hydrogen-bond acceptors (Lipinski definition) is 2. The van der Waals surface area contributed by atoms with Crippen LogP contribution in [0.5, 0.6) is 0 Å². The fourth-order valence-corrected chi connectivity index (χ4v) is 2.14. The molecular formula is C14H18ClN3. The lowest BCUT2D eigenvalue weighted by Gasteiger charge is -2.08. The quantitative estimate of drug-likeness (QED) is 0.925. The molecular weight excluding hydrogens is 246 g/mol. The van der Waals surface area contributed by atoms with Crippen LogP contribution < -0.4 is 5.73 Å². The molecule has 3 nitrogen and oxygen atoms in total. The second kappa shape index (κ2) is 5.12. The highest BCUT2D eigenvalue weighted by atomic mass is 35.5. The van der Waals surface area contributed by atoms with Gasteiger partial charge in [-0.3, -0.25) is 0 Å². The average molecular weight is 264 g/mol. The molecule has 1 unspecified atom stereocenters. The number of halogens is 1. The van der Waals surface area contributed by atoms with Gasteiger partial charge >= 0.3 is 0 Å². The molecule has 96 valence electrons. The van der Waals surface area contributed by atoms with Crippen LogP contribution in [0.15, 0.2) is 24.3 Å². The largest absolute Gasteiger partial charge is 0.328 e. The SMILES string of the molecule is Cc1nn(-c2ccc(CC(C)N)cc2)c(C)c1Cl. The molecule has 2 rings (SSSR count). The smallest absolute Gasteiger partial charge is 0.0848 e. The van der Waals surface area contributed by atoms with E-state index in [1.807, 2.05) is 37.6 Å². The van der Waals surface area contributed by atoms with Crippen LogP contribution in [0.4, 0.5) is 0 Å². The van der Waals surface area contributed by atoms with Gasteiger partial charge in [0.1, 0.15) is 0 Å². The number of rotatable bonds is 3. The van der Waals surface area contributed by atoms with Crippen molar-refractivity contribution in [1.29, 1.82) is 0 Å². The van der Waals surface area contributed by atoms with Gasteiger partial charge in [-0.05, 0) is 44.9 Å². The summed E-state index contributed by atoms with van der Waals surface area (Å²) < 4.78 is 1.87. The summed E-state index contributed by atoms with van der Waals surface area (Å²) >= 11 is 6.15. The third kappa shape index (κ3) is 2.57. The van der Waals surface area contributed by atoms with Crippen molar-refractivity contribution in [3.8, 4) is 5.69 Å². The zero-order valence-electron chi connectivity index (χ0n) is 10.9. The molecule has 18 heavy (non-hydrogen) atoms. The lowest BCUT2D eigenvalue weighted by molar-refractivity contribution is 0.737. The van der Waals surface area contributed by atoms with E-state index in [1.165, 1.54) is 5.56 Å². The summed E-state index contributed by atoms with van der Waals surface area (Å²) in [5, 5.41) is 5.16. The second-order valence-electron chi connectivity index (χ2n) is 4.74. The Morgan fingerprint density at radius 2 is 1.89 bits per heavy atom. The number of hydrogen-bond donors (Lipinski definition) is 1. The molecule has 0 aliphatic heterocycles. The fraction of sp³-hybridized carbons (Fsp3) is 0.357. The average Bonchev–Trinajstić information content (AvgIpc) is 2.57. The van der Waals surface area contributed by atoms with Gasteiger partial charge < -0.3 is 5.73 Å². The minimum Gasteiger partial charge on any atom is -0.328 e. The van der Waals surface area contributed by atoms with E-state index in [0.29, 0.717) is 0 Å². The molecule has 0 saturated carbocycles. The first kappa shape index (κ1) is 13.1. The van der Waals surface area contributed by atoms with Crippen LogP contribution in [0.3, 0.4) is 0 Å². The Balaban J connectivity index is 2.31. The van der Waals surface area contributed by atoms with Gasteiger partial charge in [0.15, 0.2) is 0 Å². The summed E-state index contributed by atoms with van der Waals surface area (Å²) in [4.78, 5) is 0. The Hall–Kier alpha value is -1.32. The molecule has 0 aliphatic rings. The molecule has 4 heteroatoms. The van der Waals surface area contributed by atoms with Crippen LogP contribution in [0, 0.1) is 13.8 Å². The van der Waals surface area contributed by atoms with Crippen molar-refractivity contribution in [3.63, 3.8) is 0 Å². The molecule has 1 heterocycles. The molecule has 0 saturated heterocycles. The topological polar surface area (TPSA) is 43.8 Å². The summed E-state index contributed by atoms with van der Waals surface area (Å²) in [5.74, 6) is 0. The lowest BCUT2D eigenvalue weighted by atomic mass is 10.1. The molecule has 0 radical (unpaired) electrons. The maximum Gasteiger partial charge on any atom is 0.0848 e. The van der Waals surface area contributed by atoms with Gasteiger partial charge in [0.2, 0.25) is 0 Å². The van der Waals surface area contributed by atoms with Crippen LogP contribution >= 0.6 is 11.6 Å². The van der Waals surface area contributed by atoms with E-state index < -0.39 is 0 Å². The van der Waals surface area contributed by atoms with Gasteiger partial charge in [0, 0.05) is 6.04 Å². The molecule has 1 aromatic carbocycles. The summed E-state index contributed by atoms with van der Waals surface area (Å²) in [6, 6.07) is 8.45. The minimum atomic E-state index is 0.180. The van der Waals surface area contributed by atoms with E-state index in [-0.39, 0.29) is 6.04 Å². The maximum absolute atomic E-state index is 6.15. The van der Waals surface area contributed by atoms with Crippen LogP contribution in [-0.2, 0) is 6.42 Å². The monoisotopic (exact) mass is 263 g/mol. The fourth-order valence-electron chi connectivity index (χ4n) is 2.02. The summed E-state index contributed by atoms with van der Waals surface area (Å²) in [7, 11) is 0. The van der Waals surface area contributed by atoms with Gasteiger partial charge in [-0.2, -0.15) is 5.10 Å². The first-order valence-electron chi connectivity index (χ1n) is 6.05. The van der Waals surface area contributed by atoms with Crippen molar-refractivity contribution in [1.82, 2.24) is 9.78 Å². The predicted octanol–water partition coefficient (Wildman–Crippen LogP) is 3.03. The Labute approximate surface area is 113 Å². The van der Waals surface area contributed by atoms with Crippen LogP contribution in [0.2, 0.25) is 5.02 Å². The Morgan fingerprint density at radius 1 is 1.28 bits per heavy atom. The highest BCUT2D eigenvalue weighted by Gasteiger charge is 2.10. The van der Waals surface area contributed by atoms with Crippen LogP contribution in [0.25, 0.3) is 5.69 Å². The van der Waals surface area contributed by atoms with Crippen molar-refractivity contribution in [2.24, 2.45) is 5.73 Å². The summed E-state index contributed by atoms with van der Waals surface area (Å²) in [6.07, 6.45) is 0.887. The number of nitrogens with two attached hydrogens (primary N) is 1. The predicted molar refractivity (Wildman–Crippen MR) is 75.4 cm³/mol. The molecule has 0 fully saturated rings. The first-order chi connectivity index (χ1) is 8.49. The van der Waals surface area contributed by atoms with E-state index in [9.17, 15) is 0 Å². The highest BCUT2D eigenvalue weighted by Crippen LogP contribution is 2.22. The standard InChI is InChI=1S/C14H18ClN3/c1-9(16)8-12-4-6-13(7-5-12)18-11(3)14(15)10(2)17-18/h4-7,9H,8,16H2,1-3H3. The first-order valence-corrected chi connectivity index (χ1v) is 6.43. The normalized spacial score (nSPS) is 12.7. The van der Waals surface area contributed by atoms with Gasteiger partial charge in [0.25, 0.3) is 0 Å².